The van der Waals surface area contributed by atoms with Crippen molar-refractivity contribution in [1.29, 1.82) is 0 Å². The van der Waals surface area contributed by atoms with Crippen molar-refractivity contribution in [3.05, 3.63) is 82.4 Å². The summed E-state index contributed by atoms with van der Waals surface area (Å²) in [7, 11) is 0. The number of rotatable bonds is 6. The number of hydrogen-bond acceptors (Lipinski definition) is 3. The Morgan fingerprint density at radius 3 is 2.74 bits per heavy atom. The van der Waals surface area contributed by atoms with Crippen LogP contribution in [0.4, 0.5) is 0 Å². The molecule has 6 heteroatoms. The van der Waals surface area contributed by atoms with Gasteiger partial charge in [0.05, 0.1) is 18.8 Å². The quantitative estimate of drug-likeness (QED) is 0.404. The molecule has 3 N–H and O–H groups in total. The Hall–Kier alpha value is -1.85. The standard InChI is InChI=1S/C25H31Cl2NO3/c1-4-7-19-14-22(17-8-6-9-21(27)13-17)24(30)18(10-11-20(26)5-2)12-16(3)23(15-29)28-25(19)31/h4-6,8-13,16,19,22-24,29-30H,1,7,14-15H2,2-3H3,(H,28,31)/b11-10-,18-12-,20-5+/t16?,19-,22+,23+,24-/m0/s1. The second kappa shape index (κ2) is 12.3. The van der Waals surface area contributed by atoms with Gasteiger partial charge >= 0.3 is 0 Å². The molecule has 0 saturated heterocycles. The first-order valence-electron chi connectivity index (χ1n) is 10.5. The van der Waals surface area contributed by atoms with Crippen LogP contribution in [0.15, 0.2) is 71.8 Å². The maximum Gasteiger partial charge on any atom is 0.223 e. The second-order valence-electron chi connectivity index (χ2n) is 7.89. The fourth-order valence-corrected chi connectivity index (χ4v) is 4.08. The Morgan fingerprint density at radius 1 is 1.39 bits per heavy atom. The van der Waals surface area contributed by atoms with Crippen molar-refractivity contribution in [1.82, 2.24) is 5.32 Å². The smallest absolute Gasteiger partial charge is 0.223 e. The number of amides is 1. The van der Waals surface area contributed by atoms with Crippen LogP contribution in [0.5, 0.6) is 0 Å². The van der Waals surface area contributed by atoms with Crippen molar-refractivity contribution in [3.63, 3.8) is 0 Å². The molecule has 0 bridgehead atoms. The molecule has 1 aromatic carbocycles. The van der Waals surface area contributed by atoms with Crippen LogP contribution in [-0.4, -0.2) is 34.9 Å². The van der Waals surface area contributed by atoms with Gasteiger partial charge in [0, 0.05) is 21.9 Å². The van der Waals surface area contributed by atoms with E-state index in [1.54, 1.807) is 30.4 Å². The van der Waals surface area contributed by atoms with Gasteiger partial charge in [-0.25, -0.2) is 0 Å². The summed E-state index contributed by atoms with van der Waals surface area (Å²) in [4.78, 5) is 13.0. The maximum absolute atomic E-state index is 13.0. The van der Waals surface area contributed by atoms with E-state index >= 15 is 0 Å². The van der Waals surface area contributed by atoms with E-state index in [1.807, 2.05) is 38.1 Å². The molecule has 0 saturated carbocycles. The summed E-state index contributed by atoms with van der Waals surface area (Å²) >= 11 is 12.4. The predicted molar refractivity (Wildman–Crippen MR) is 128 cm³/mol. The van der Waals surface area contributed by atoms with Crippen LogP contribution in [0.25, 0.3) is 0 Å². The molecule has 0 radical (unpaired) electrons. The third kappa shape index (κ3) is 7.08. The van der Waals surface area contributed by atoms with Gasteiger partial charge in [0.1, 0.15) is 0 Å². The summed E-state index contributed by atoms with van der Waals surface area (Å²) in [6, 6.07) is 6.89. The number of nitrogens with one attached hydrogen (secondary N) is 1. The highest BCUT2D eigenvalue weighted by Gasteiger charge is 2.33. The van der Waals surface area contributed by atoms with Crippen LogP contribution in [0.3, 0.4) is 0 Å². The number of halogens is 2. The van der Waals surface area contributed by atoms with Crippen molar-refractivity contribution in [2.45, 2.75) is 44.8 Å². The van der Waals surface area contributed by atoms with Gasteiger partial charge in [0.15, 0.2) is 0 Å². The lowest BCUT2D eigenvalue weighted by Crippen LogP contribution is -2.45. The summed E-state index contributed by atoms with van der Waals surface area (Å²) < 4.78 is 0. The zero-order valence-electron chi connectivity index (χ0n) is 18.0. The number of benzene rings is 1. The topological polar surface area (TPSA) is 69.6 Å². The number of aliphatic hydroxyl groups is 2. The Morgan fingerprint density at radius 2 is 2.13 bits per heavy atom. The Balaban J connectivity index is 2.61. The molecular formula is C25H31Cl2NO3. The van der Waals surface area contributed by atoms with Gasteiger partial charge in [-0.3, -0.25) is 4.79 Å². The zero-order chi connectivity index (χ0) is 23.0. The number of allylic oxidation sites excluding steroid dienone is 4. The molecule has 0 aromatic heterocycles. The maximum atomic E-state index is 13.0. The summed E-state index contributed by atoms with van der Waals surface area (Å²) in [5.41, 5.74) is 1.52. The lowest BCUT2D eigenvalue weighted by atomic mass is 9.79. The Kier molecular flexibility index (Phi) is 10.0. The number of aliphatic hydroxyl groups excluding tert-OH is 2. The molecule has 1 aliphatic rings. The van der Waals surface area contributed by atoms with Crippen LogP contribution >= 0.6 is 23.2 Å². The minimum Gasteiger partial charge on any atom is -0.394 e. The molecular weight excluding hydrogens is 433 g/mol. The molecule has 31 heavy (non-hydrogen) atoms. The Labute approximate surface area is 195 Å². The van der Waals surface area contributed by atoms with Crippen molar-refractivity contribution >= 4 is 29.1 Å². The Bertz CT molecular complexity index is 862. The summed E-state index contributed by atoms with van der Waals surface area (Å²) in [5, 5.41) is 25.4. The van der Waals surface area contributed by atoms with Gasteiger partial charge in [-0.15, -0.1) is 6.58 Å². The van der Waals surface area contributed by atoms with Crippen LogP contribution in [0.1, 0.15) is 38.2 Å². The van der Waals surface area contributed by atoms with E-state index < -0.39 is 18.1 Å². The van der Waals surface area contributed by atoms with E-state index in [0.717, 1.165) is 5.56 Å². The molecule has 5 atom stereocenters. The van der Waals surface area contributed by atoms with Gasteiger partial charge in [-0.05, 0) is 55.0 Å². The average molecular weight is 464 g/mol. The van der Waals surface area contributed by atoms with Crippen LogP contribution in [0, 0.1) is 11.8 Å². The van der Waals surface area contributed by atoms with Gasteiger partial charge < -0.3 is 15.5 Å². The van der Waals surface area contributed by atoms with Crippen molar-refractivity contribution < 1.29 is 15.0 Å². The van der Waals surface area contributed by atoms with E-state index in [4.69, 9.17) is 23.2 Å². The molecule has 1 heterocycles. The SMILES string of the molecule is C=CC[C@H]1C[C@H](c2cccc(Cl)c2)[C@@H](O)C(/C=C\C(Cl)=C/C)=C\C(C)[C@@H](CO)NC1=O. The predicted octanol–water partition coefficient (Wildman–Crippen LogP) is 5.12. The fourth-order valence-electron chi connectivity index (χ4n) is 3.82. The van der Waals surface area contributed by atoms with E-state index in [2.05, 4.69) is 11.9 Å². The van der Waals surface area contributed by atoms with Gasteiger partial charge in [-0.2, -0.15) is 0 Å². The first-order valence-corrected chi connectivity index (χ1v) is 11.2. The number of carbonyl (C=O) groups excluding carboxylic acids is 1. The summed E-state index contributed by atoms with van der Waals surface area (Å²) in [6.07, 6.45) is 8.84. The van der Waals surface area contributed by atoms with E-state index in [9.17, 15) is 15.0 Å². The molecule has 1 unspecified atom stereocenters. The minimum atomic E-state index is -0.893. The van der Waals surface area contributed by atoms with Crippen molar-refractivity contribution in [2.75, 3.05) is 6.61 Å². The molecule has 0 fully saturated rings. The highest BCUT2D eigenvalue weighted by molar-refractivity contribution is 6.31. The van der Waals surface area contributed by atoms with Crippen molar-refractivity contribution in [2.24, 2.45) is 11.8 Å². The third-order valence-corrected chi connectivity index (χ3v) is 6.26. The van der Waals surface area contributed by atoms with E-state index in [0.29, 0.717) is 28.5 Å². The van der Waals surface area contributed by atoms with Crippen LogP contribution < -0.4 is 5.32 Å². The molecule has 1 aromatic rings. The van der Waals surface area contributed by atoms with Crippen LogP contribution in [0.2, 0.25) is 5.02 Å². The second-order valence-corrected chi connectivity index (χ2v) is 8.77. The minimum absolute atomic E-state index is 0.158. The van der Waals surface area contributed by atoms with Gasteiger partial charge in [0.2, 0.25) is 5.91 Å². The summed E-state index contributed by atoms with van der Waals surface area (Å²) in [6.45, 7) is 7.32. The van der Waals surface area contributed by atoms with Crippen molar-refractivity contribution in [3.8, 4) is 0 Å². The molecule has 168 valence electrons. The van der Waals surface area contributed by atoms with E-state index in [1.165, 1.54) is 0 Å². The van der Waals surface area contributed by atoms with Crippen LogP contribution in [-0.2, 0) is 4.79 Å². The molecule has 2 rings (SSSR count). The zero-order valence-corrected chi connectivity index (χ0v) is 19.5. The normalized spacial score (nSPS) is 29.9. The summed E-state index contributed by atoms with van der Waals surface area (Å²) in [5.74, 6) is -1.14. The van der Waals surface area contributed by atoms with Gasteiger partial charge in [-0.1, -0.05) is 66.6 Å². The lowest BCUT2D eigenvalue weighted by Gasteiger charge is -2.32. The first kappa shape index (κ1) is 25.4. The monoisotopic (exact) mass is 463 g/mol. The highest BCUT2D eigenvalue weighted by atomic mass is 35.5. The highest BCUT2D eigenvalue weighted by Crippen LogP contribution is 2.35. The van der Waals surface area contributed by atoms with E-state index in [-0.39, 0.29) is 24.3 Å². The largest absolute Gasteiger partial charge is 0.394 e. The fraction of sp³-hybridized carbons (Fsp3) is 0.400. The molecule has 0 spiro atoms. The molecule has 4 nitrogen and oxygen atoms in total. The molecule has 1 aliphatic heterocycles. The average Bonchev–Trinajstić information content (AvgIpc) is 2.76. The van der Waals surface area contributed by atoms with Gasteiger partial charge in [0.25, 0.3) is 0 Å². The number of hydrogen-bond donors (Lipinski definition) is 3. The molecule has 0 aliphatic carbocycles. The number of carbonyl (C=O) groups is 1. The third-order valence-electron chi connectivity index (χ3n) is 5.69. The molecule has 1 amide bonds. The first-order chi connectivity index (χ1) is 14.8. The lowest BCUT2D eigenvalue weighted by molar-refractivity contribution is -0.126.